The lowest BCUT2D eigenvalue weighted by Gasteiger charge is -2.11. The molecule has 0 radical (unpaired) electrons. The molecule has 0 aliphatic rings. The molecule has 3 aromatic carbocycles. The van der Waals surface area contributed by atoms with Gasteiger partial charge in [-0.25, -0.2) is 13.1 Å². The highest BCUT2D eigenvalue weighted by Gasteiger charge is 2.30. The van der Waals surface area contributed by atoms with E-state index >= 15 is 0 Å². The molecule has 4 aromatic rings. The molecule has 0 fully saturated rings. The van der Waals surface area contributed by atoms with Gasteiger partial charge < -0.3 is 21.1 Å². The van der Waals surface area contributed by atoms with E-state index in [1.165, 1.54) is 16.8 Å². The quantitative estimate of drug-likeness (QED) is 0.308. The van der Waals surface area contributed by atoms with Crippen molar-refractivity contribution >= 4 is 38.8 Å². The third-order valence-electron chi connectivity index (χ3n) is 5.34. The summed E-state index contributed by atoms with van der Waals surface area (Å²) in [5.74, 6) is -0.0400. The summed E-state index contributed by atoms with van der Waals surface area (Å²) in [4.78, 5) is 12.8. The van der Waals surface area contributed by atoms with Gasteiger partial charge in [-0.05, 0) is 50.2 Å². The van der Waals surface area contributed by atoms with Gasteiger partial charge in [-0.3, -0.25) is 4.79 Å². The van der Waals surface area contributed by atoms with Crippen LogP contribution in [0.4, 0.5) is 23.0 Å². The number of aromatic nitrogens is 2. The molecule has 0 spiro atoms. The van der Waals surface area contributed by atoms with Crippen LogP contribution in [0.5, 0.6) is 5.75 Å². The molecular weight excluding hydrogens is 478 g/mol. The highest BCUT2D eigenvalue weighted by molar-refractivity contribution is 7.91. The normalized spacial score (nSPS) is 11.2. The van der Waals surface area contributed by atoms with Gasteiger partial charge in [0.2, 0.25) is 15.7 Å². The molecule has 0 aliphatic heterocycles. The summed E-state index contributed by atoms with van der Waals surface area (Å²) < 4.78 is 33.9. The van der Waals surface area contributed by atoms with Gasteiger partial charge in [0.25, 0.3) is 0 Å². The Balaban J connectivity index is 1.70. The van der Waals surface area contributed by atoms with Gasteiger partial charge in [0, 0.05) is 5.69 Å². The number of nitrogens with one attached hydrogen (secondary N) is 2. The SMILES string of the molecule is CCOc1ccccc1NC(=O)Cn1nc(Nc2ccccc2)c(S(=O)(=O)c2ccc(C)cc2)c1N. The van der Waals surface area contributed by atoms with E-state index < -0.39 is 15.7 Å². The van der Waals surface area contributed by atoms with Crippen molar-refractivity contribution < 1.29 is 17.9 Å². The van der Waals surface area contributed by atoms with E-state index in [1.54, 1.807) is 60.7 Å². The summed E-state index contributed by atoms with van der Waals surface area (Å²) in [6.45, 7) is 3.85. The number of carbonyl (C=O) groups excluding carboxylic acids is 1. The summed E-state index contributed by atoms with van der Waals surface area (Å²) in [5, 5.41) is 10.2. The molecule has 0 atom stereocenters. The van der Waals surface area contributed by atoms with E-state index in [2.05, 4.69) is 15.7 Å². The first kappa shape index (κ1) is 24.8. The molecule has 10 heteroatoms. The van der Waals surface area contributed by atoms with Crippen LogP contribution in [0, 0.1) is 6.92 Å². The third kappa shape index (κ3) is 5.33. The lowest BCUT2D eigenvalue weighted by atomic mass is 10.2. The second-order valence-corrected chi connectivity index (χ2v) is 9.89. The molecule has 4 N–H and O–H groups in total. The molecule has 186 valence electrons. The lowest BCUT2D eigenvalue weighted by Crippen LogP contribution is -2.21. The van der Waals surface area contributed by atoms with Gasteiger partial charge in [0.1, 0.15) is 18.1 Å². The Kier molecular flexibility index (Phi) is 7.25. The Morgan fingerprint density at radius 3 is 2.36 bits per heavy atom. The van der Waals surface area contributed by atoms with Crippen LogP contribution in [0.1, 0.15) is 12.5 Å². The Hall–Kier alpha value is -4.31. The van der Waals surface area contributed by atoms with Crippen molar-refractivity contribution in [1.29, 1.82) is 0 Å². The van der Waals surface area contributed by atoms with Crippen LogP contribution in [0.15, 0.2) is 88.7 Å². The molecule has 0 unspecified atom stereocenters. The summed E-state index contributed by atoms with van der Waals surface area (Å²) in [6.07, 6.45) is 0. The topological polar surface area (TPSA) is 128 Å². The van der Waals surface area contributed by atoms with Crippen molar-refractivity contribution in [1.82, 2.24) is 9.78 Å². The van der Waals surface area contributed by atoms with E-state index in [-0.39, 0.29) is 28.0 Å². The molecule has 36 heavy (non-hydrogen) atoms. The number of nitrogens with zero attached hydrogens (tertiary/aromatic N) is 2. The fraction of sp³-hybridized carbons (Fsp3) is 0.154. The molecular formula is C26H27N5O4S. The zero-order chi connectivity index (χ0) is 25.7. The number of hydrogen-bond donors (Lipinski definition) is 3. The van der Waals surface area contributed by atoms with Crippen LogP contribution in [0.25, 0.3) is 0 Å². The molecule has 0 bridgehead atoms. The third-order valence-corrected chi connectivity index (χ3v) is 7.17. The fourth-order valence-electron chi connectivity index (χ4n) is 3.60. The zero-order valence-electron chi connectivity index (χ0n) is 19.9. The van der Waals surface area contributed by atoms with Gasteiger partial charge in [-0.1, -0.05) is 48.0 Å². The number of nitrogens with two attached hydrogens (primary N) is 1. The zero-order valence-corrected chi connectivity index (χ0v) is 20.7. The van der Waals surface area contributed by atoms with E-state index in [4.69, 9.17) is 10.5 Å². The van der Waals surface area contributed by atoms with Gasteiger partial charge in [0.05, 0.1) is 17.2 Å². The second-order valence-electron chi connectivity index (χ2n) is 8.01. The van der Waals surface area contributed by atoms with Crippen LogP contribution < -0.4 is 21.1 Å². The standard InChI is InChI=1S/C26H27N5O4S/c1-3-35-22-12-8-7-11-21(22)29-23(32)17-31-25(27)24(26(30-31)28-19-9-5-4-6-10-19)36(33,34)20-15-13-18(2)14-16-20/h4-16H,3,17,27H2,1-2H3,(H,28,30)(H,29,32). The number of rotatable bonds is 9. The molecule has 9 nitrogen and oxygen atoms in total. The van der Waals surface area contributed by atoms with Crippen molar-refractivity contribution in [2.75, 3.05) is 23.0 Å². The van der Waals surface area contributed by atoms with Gasteiger partial charge in [-0.2, -0.15) is 5.10 Å². The Bertz CT molecular complexity index is 1470. The number of ether oxygens (including phenoxy) is 1. The average molecular weight is 506 g/mol. The van der Waals surface area contributed by atoms with Crippen LogP contribution in [0.3, 0.4) is 0 Å². The van der Waals surface area contributed by atoms with Crippen molar-refractivity contribution in [3.8, 4) is 5.75 Å². The fourth-order valence-corrected chi connectivity index (χ4v) is 5.05. The van der Waals surface area contributed by atoms with Crippen molar-refractivity contribution in [3.05, 3.63) is 84.4 Å². The lowest BCUT2D eigenvalue weighted by molar-refractivity contribution is -0.116. The molecule has 0 saturated carbocycles. The largest absolute Gasteiger partial charge is 0.492 e. The highest BCUT2D eigenvalue weighted by atomic mass is 32.2. The summed E-state index contributed by atoms with van der Waals surface area (Å²) in [6, 6.07) is 22.5. The van der Waals surface area contributed by atoms with Crippen molar-refractivity contribution in [3.63, 3.8) is 0 Å². The first-order valence-electron chi connectivity index (χ1n) is 11.3. The number of benzene rings is 3. The molecule has 1 heterocycles. The van der Waals surface area contributed by atoms with E-state index in [9.17, 15) is 13.2 Å². The Morgan fingerprint density at radius 2 is 1.67 bits per heavy atom. The minimum atomic E-state index is -4.05. The first-order chi connectivity index (χ1) is 17.3. The first-order valence-corrected chi connectivity index (χ1v) is 12.8. The maximum atomic E-state index is 13.6. The molecule has 1 aromatic heterocycles. The van der Waals surface area contributed by atoms with E-state index in [0.717, 1.165) is 5.56 Å². The number of carbonyl (C=O) groups is 1. The molecule has 0 aliphatic carbocycles. The summed E-state index contributed by atoms with van der Waals surface area (Å²) in [7, 11) is -4.05. The number of anilines is 4. The average Bonchev–Trinajstić information content (AvgIpc) is 3.16. The van der Waals surface area contributed by atoms with Crippen LogP contribution in [0.2, 0.25) is 0 Å². The Labute approximate surface area is 209 Å². The molecule has 0 saturated heterocycles. The minimum absolute atomic E-state index is 0.0294. The number of para-hydroxylation sites is 3. The highest BCUT2D eigenvalue weighted by Crippen LogP contribution is 2.34. The second kappa shape index (κ2) is 10.5. The Morgan fingerprint density at radius 1 is 1.00 bits per heavy atom. The monoisotopic (exact) mass is 505 g/mol. The van der Waals surface area contributed by atoms with Gasteiger partial charge in [0.15, 0.2) is 10.7 Å². The van der Waals surface area contributed by atoms with Crippen molar-refractivity contribution in [2.45, 2.75) is 30.2 Å². The smallest absolute Gasteiger partial charge is 0.246 e. The number of nitrogen functional groups attached to an aromatic ring is 1. The van der Waals surface area contributed by atoms with E-state index in [0.29, 0.717) is 23.7 Å². The number of hydrogen-bond acceptors (Lipinski definition) is 7. The number of amides is 1. The van der Waals surface area contributed by atoms with Crippen molar-refractivity contribution in [2.24, 2.45) is 0 Å². The number of aryl methyl sites for hydroxylation is 1. The molecule has 4 rings (SSSR count). The summed E-state index contributed by atoms with van der Waals surface area (Å²) >= 11 is 0. The van der Waals surface area contributed by atoms with Crippen LogP contribution in [-0.4, -0.2) is 30.7 Å². The predicted octanol–water partition coefficient (Wildman–Crippen LogP) is 4.39. The van der Waals surface area contributed by atoms with E-state index in [1.807, 2.05) is 19.9 Å². The van der Waals surface area contributed by atoms with Crippen LogP contribution >= 0.6 is 0 Å². The van der Waals surface area contributed by atoms with Gasteiger partial charge >= 0.3 is 0 Å². The predicted molar refractivity (Wildman–Crippen MR) is 139 cm³/mol. The van der Waals surface area contributed by atoms with Gasteiger partial charge in [-0.15, -0.1) is 0 Å². The maximum absolute atomic E-state index is 13.6. The number of sulfone groups is 1. The maximum Gasteiger partial charge on any atom is 0.246 e. The van der Waals surface area contributed by atoms with Crippen LogP contribution in [-0.2, 0) is 21.2 Å². The minimum Gasteiger partial charge on any atom is -0.492 e. The molecule has 1 amide bonds. The summed E-state index contributed by atoms with van der Waals surface area (Å²) in [5.41, 5.74) is 8.34.